The molecule has 1 aliphatic rings. The molecule has 0 bridgehead atoms. The zero-order valence-corrected chi connectivity index (χ0v) is 13.8. The SMILES string of the molecule is COc1cc[c-]cc1C1(C)CCCCC1.[Br-].[Mg+2]. The smallest absolute Gasteiger partial charge is 1.00 e. The molecule has 1 aliphatic carbocycles. The van der Waals surface area contributed by atoms with Gasteiger partial charge in [-0.2, -0.15) is 18.2 Å². The molecular weight excluding hydrogens is 288 g/mol. The van der Waals surface area contributed by atoms with Crippen molar-refractivity contribution in [1.82, 2.24) is 0 Å². The van der Waals surface area contributed by atoms with E-state index >= 15 is 0 Å². The van der Waals surface area contributed by atoms with E-state index in [1.807, 2.05) is 12.1 Å². The van der Waals surface area contributed by atoms with E-state index < -0.39 is 0 Å². The monoisotopic (exact) mass is 306 g/mol. The fraction of sp³-hybridized carbons (Fsp3) is 0.571. The molecule has 1 fully saturated rings. The number of benzene rings is 1. The zero-order valence-electron chi connectivity index (χ0n) is 10.8. The summed E-state index contributed by atoms with van der Waals surface area (Å²) in [5.41, 5.74) is 1.65. The van der Waals surface area contributed by atoms with Crippen LogP contribution >= 0.6 is 0 Å². The first-order valence-electron chi connectivity index (χ1n) is 5.81. The minimum absolute atomic E-state index is 0. The van der Waals surface area contributed by atoms with Gasteiger partial charge in [-0.25, -0.2) is 0 Å². The predicted molar refractivity (Wildman–Crippen MR) is 68.0 cm³/mol. The molecule has 0 spiro atoms. The van der Waals surface area contributed by atoms with E-state index in [0.29, 0.717) is 5.41 Å². The van der Waals surface area contributed by atoms with Crippen molar-refractivity contribution in [1.29, 1.82) is 0 Å². The fourth-order valence-corrected chi connectivity index (χ4v) is 2.67. The normalized spacial score (nSPS) is 17.5. The van der Waals surface area contributed by atoms with Gasteiger partial charge in [-0.15, -0.1) is 11.6 Å². The first kappa shape index (κ1) is 17.3. The Balaban J connectivity index is 0.00000128. The Morgan fingerprint density at radius 1 is 1.24 bits per heavy atom. The van der Waals surface area contributed by atoms with Crippen molar-refractivity contribution >= 4 is 23.1 Å². The average Bonchev–Trinajstić information content (AvgIpc) is 2.30. The molecule has 0 amide bonds. The topological polar surface area (TPSA) is 9.23 Å². The molecule has 1 aromatic rings. The number of hydrogen-bond donors (Lipinski definition) is 0. The molecule has 3 heteroatoms. The molecule has 0 N–H and O–H groups in total. The summed E-state index contributed by atoms with van der Waals surface area (Å²) < 4.78 is 5.44. The Hall–Kier alpha value is 0.266. The summed E-state index contributed by atoms with van der Waals surface area (Å²) in [5.74, 6) is 1.03. The molecule has 0 unspecified atom stereocenters. The number of halogens is 1. The molecule has 0 saturated heterocycles. The van der Waals surface area contributed by atoms with Gasteiger partial charge in [-0.1, -0.05) is 39.0 Å². The van der Waals surface area contributed by atoms with Crippen molar-refractivity contribution in [2.75, 3.05) is 7.11 Å². The predicted octanol–water partition coefficient (Wildman–Crippen LogP) is 0.340. The van der Waals surface area contributed by atoms with Crippen LogP contribution in [-0.4, -0.2) is 30.2 Å². The summed E-state index contributed by atoms with van der Waals surface area (Å²) in [7, 11) is 1.75. The summed E-state index contributed by atoms with van der Waals surface area (Å²) in [4.78, 5) is 0. The average molecular weight is 308 g/mol. The first-order chi connectivity index (χ1) is 7.26. The van der Waals surface area contributed by atoms with Gasteiger partial charge in [0.15, 0.2) is 0 Å². The summed E-state index contributed by atoms with van der Waals surface area (Å²) in [6, 6.07) is 9.23. The van der Waals surface area contributed by atoms with Crippen LogP contribution in [0.2, 0.25) is 0 Å². The molecular formula is C14H19BrMgO. The molecule has 0 radical (unpaired) electrons. The minimum Gasteiger partial charge on any atom is -1.00 e. The molecule has 1 saturated carbocycles. The van der Waals surface area contributed by atoms with Crippen LogP contribution in [0.25, 0.3) is 0 Å². The van der Waals surface area contributed by atoms with Crippen LogP contribution in [0.3, 0.4) is 0 Å². The maximum absolute atomic E-state index is 5.44. The van der Waals surface area contributed by atoms with Gasteiger partial charge < -0.3 is 21.7 Å². The number of methoxy groups -OCH3 is 1. The summed E-state index contributed by atoms with van der Waals surface area (Å²) >= 11 is 0. The summed E-state index contributed by atoms with van der Waals surface area (Å²) in [6.07, 6.45) is 6.62. The van der Waals surface area contributed by atoms with E-state index in [2.05, 4.69) is 19.1 Å². The van der Waals surface area contributed by atoms with Crippen LogP contribution < -0.4 is 21.7 Å². The van der Waals surface area contributed by atoms with Gasteiger partial charge in [0, 0.05) is 5.75 Å². The van der Waals surface area contributed by atoms with E-state index in [0.717, 1.165) is 5.75 Å². The molecule has 90 valence electrons. The third-order valence-electron chi connectivity index (χ3n) is 3.65. The number of ether oxygens (including phenoxy) is 1. The molecule has 0 aromatic heterocycles. The van der Waals surface area contributed by atoms with E-state index in [9.17, 15) is 0 Å². The van der Waals surface area contributed by atoms with E-state index in [-0.39, 0.29) is 40.0 Å². The summed E-state index contributed by atoms with van der Waals surface area (Å²) in [5, 5.41) is 0. The maximum Gasteiger partial charge on any atom is 2.00 e. The second-order valence-electron chi connectivity index (χ2n) is 4.75. The van der Waals surface area contributed by atoms with Crippen LogP contribution in [0.1, 0.15) is 44.6 Å². The van der Waals surface area contributed by atoms with Crippen LogP contribution in [0.15, 0.2) is 18.2 Å². The van der Waals surface area contributed by atoms with Crippen molar-refractivity contribution in [3.63, 3.8) is 0 Å². The molecule has 1 aromatic carbocycles. The second-order valence-corrected chi connectivity index (χ2v) is 4.75. The van der Waals surface area contributed by atoms with Crippen molar-refractivity contribution < 1.29 is 21.7 Å². The molecule has 0 atom stereocenters. The Bertz CT molecular complexity index is 335. The Labute approximate surface area is 131 Å². The first-order valence-corrected chi connectivity index (χ1v) is 5.81. The van der Waals surface area contributed by atoms with Gasteiger partial charge >= 0.3 is 23.1 Å². The van der Waals surface area contributed by atoms with Crippen molar-refractivity contribution in [2.24, 2.45) is 0 Å². The van der Waals surface area contributed by atoms with Gasteiger partial charge in [-0.05, 0) is 5.41 Å². The van der Waals surface area contributed by atoms with Crippen LogP contribution in [0.4, 0.5) is 0 Å². The number of rotatable bonds is 2. The van der Waals surface area contributed by atoms with Gasteiger partial charge in [0.2, 0.25) is 0 Å². The minimum atomic E-state index is 0. The largest absolute Gasteiger partial charge is 2.00 e. The molecule has 0 aliphatic heterocycles. The molecule has 0 heterocycles. The standard InChI is InChI=1S/C14H19O.BrH.Mg/c1-14(10-6-3-7-11-14)12-8-4-5-9-13(12)15-2;;/h5,8-9H,3,6-7,10-11H2,1-2H3;1H;/q-1;;+2/p-1. The van der Waals surface area contributed by atoms with Gasteiger partial charge in [0.1, 0.15) is 0 Å². The van der Waals surface area contributed by atoms with E-state index in [4.69, 9.17) is 4.74 Å². The molecule has 1 nitrogen and oxygen atoms in total. The summed E-state index contributed by atoms with van der Waals surface area (Å²) in [6.45, 7) is 2.36. The zero-order chi connectivity index (χ0) is 10.7. The quantitative estimate of drug-likeness (QED) is 0.566. The third kappa shape index (κ3) is 3.87. The van der Waals surface area contributed by atoms with Gasteiger partial charge in [0.25, 0.3) is 0 Å². The Kier molecular flexibility index (Phi) is 7.77. The fourth-order valence-electron chi connectivity index (χ4n) is 2.67. The molecule has 17 heavy (non-hydrogen) atoms. The van der Waals surface area contributed by atoms with Gasteiger partial charge in [-0.3, -0.25) is 0 Å². The van der Waals surface area contributed by atoms with Crippen molar-refractivity contribution in [2.45, 2.75) is 44.4 Å². The van der Waals surface area contributed by atoms with E-state index in [1.54, 1.807) is 7.11 Å². The third-order valence-corrected chi connectivity index (χ3v) is 3.65. The van der Waals surface area contributed by atoms with Crippen LogP contribution in [-0.2, 0) is 5.41 Å². The number of hydrogen-bond acceptors (Lipinski definition) is 1. The van der Waals surface area contributed by atoms with Crippen molar-refractivity contribution in [3.05, 3.63) is 29.8 Å². The van der Waals surface area contributed by atoms with Crippen LogP contribution in [0.5, 0.6) is 5.75 Å². The second kappa shape index (κ2) is 7.65. The maximum atomic E-state index is 5.44. The molecule has 2 rings (SSSR count). The van der Waals surface area contributed by atoms with Gasteiger partial charge in [0.05, 0.1) is 7.11 Å². The van der Waals surface area contributed by atoms with Crippen LogP contribution in [0, 0.1) is 6.07 Å². The Morgan fingerprint density at radius 3 is 2.47 bits per heavy atom. The van der Waals surface area contributed by atoms with E-state index in [1.165, 1.54) is 37.7 Å². The Morgan fingerprint density at radius 2 is 1.88 bits per heavy atom. The van der Waals surface area contributed by atoms with Crippen molar-refractivity contribution in [3.8, 4) is 5.75 Å².